The summed E-state index contributed by atoms with van der Waals surface area (Å²) in [5.74, 6) is -0.469. The first-order chi connectivity index (χ1) is 14.1. The van der Waals surface area contributed by atoms with Crippen molar-refractivity contribution in [1.82, 2.24) is 4.90 Å². The summed E-state index contributed by atoms with van der Waals surface area (Å²) in [6, 6.07) is 3.19. The van der Waals surface area contributed by atoms with Crippen LogP contribution in [0, 0.1) is 11.8 Å². The van der Waals surface area contributed by atoms with Crippen molar-refractivity contribution >= 4 is 29.1 Å². The zero-order valence-electron chi connectivity index (χ0n) is 16.7. The van der Waals surface area contributed by atoms with E-state index in [1.807, 2.05) is 4.90 Å². The zero-order valence-corrected chi connectivity index (χ0v) is 17.4. The van der Waals surface area contributed by atoms with Gasteiger partial charge in [-0.05, 0) is 49.8 Å². The molecule has 0 bridgehead atoms. The van der Waals surface area contributed by atoms with Crippen LogP contribution in [0.5, 0.6) is 0 Å². The number of piperidine rings is 1. The molecule has 1 heterocycles. The molecule has 0 radical (unpaired) electrons. The summed E-state index contributed by atoms with van der Waals surface area (Å²) in [7, 11) is 0. The maximum Gasteiger partial charge on any atom is 0.418 e. The fourth-order valence-corrected chi connectivity index (χ4v) is 4.55. The number of carbonyl (C=O) groups is 2. The van der Waals surface area contributed by atoms with Gasteiger partial charge in [-0.3, -0.25) is 9.59 Å². The lowest BCUT2D eigenvalue weighted by atomic mass is 9.83. The SMILES string of the molecule is N[C@H]1CCCC[C@@H]1C(=O)N1CCC(CC(=O)Nc2ccc(Cl)cc2C(F)(F)F)CC1. The van der Waals surface area contributed by atoms with E-state index in [-0.39, 0.29) is 40.9 Å². The Labute approximate surface area is 179 Å². The third-order valence-corrected chi connectivity index (χ3v) is 6.33. The number of amides is 2. The highest BCUT2D eigenvalue weighted by atomic mass is 35.5. The normalized spacial score (nSPS) is 23.3. The van der Waals surface area contributed by atoms with Crippen molar-refractivity contribution in [2.24, 2.45) is 17.6 Å². The van der Waals surface area contributed by atoms with Crippen LogP contribution in [0.4, 0.5) is 18.9 Å². The minimum absolute atomic E-state index is 0.0238. The number of rotatable bonds is 4. The lowest BCUT2D eigenvalue weighted by Gasteiger charge is -2.37. The standard InChI is InChI=1S/C21H27ClF3N3O2/c22-14-5-6-18(16(12-14)21(23,24)25)27-19(29)11-13-7-9-28(10-8-13)20(30)15-3-1-2-4-17(15)26/h5-6,12-13,15,17H,1-4,7-11,26H2,(H,27,29)/t15-,17-/m0/s1. The van der Waals surface area contributed by atoms with Gasteiger partial charge in [-0.2, -0.15) is 13.2 Å². The molecule has 0 aromatic heterocycles. The summed E-state index contributed by atoms with van der Waals surface area (Å²) in [5, 5.41) is 2.32. The van der Waals surface area contributed by atoms with Gasteiger partial charge in [0.25, 0.3) is 0 Å². The number of alkyl halides is 3. The lowest BCUT2D eigenvalue weighted by molar-refractivity contribution is -0.138. The molecule has 2 aliphatic rings. The van der Waals surface area contributed by atoms with Gasteiger partial charge in [0.2, 0.25) is 11.8 Å². The summed E-state index contributed by atoms with van der Waals surface area (Å²) in [6.45, 7) is 1.10. The van der Waals surface area contributed by atoms with Crippen molar-refractivity contribution < 1.29 is 22.8 Å². The molecule has 2 atom stereocenters. The summed E-state index contributed by atoms with van der Waals surface area (Å²) in [6.07, 6.45) is 0.575. The number of nitrogens with one attached hydrogen (secondary N) is 1. The second-order valence-corrected chi connectivity index (χ2v) is 8.70. The van der Waals surface area contributed by atoms with Gasteiger partial charge in [0.15, 0.2) is 0 Å². The first-order valence-corrected chi connectivity index (χ1v) is 10.7. The minimum Gasteiger partial charge on any atom is -0.342 e. The number of hydrogen-bond acceptors (Lipinski definition) is 3. The van der Waals surface area contributed by atoms with E-state index in [0.717, 1.165) is 37.8 Å². The zero-order chi connectivity index (χ0) is 21.9. The third kappa shape index (κ3) is 5.66. The van der Waals surface area contributed by atoms with E-state index in [1.54, 1.807) is 0 Å². The largest absolute Gasteiger partial charge is 0.418 e. The first-order valence-electron chi connectivity index (χ1n) is 10.4. The van der Waals surface area contributed by atoms with Crippen LogP contribution in [0.2, 0.25) is 5.02 Å². The Morgan fingerprint density at radius 2 is 1.80 bits per heavy atom. The molecule has 0 unspecified atom stereocenters. The van der Waals surface area contributed by atoms with Gasteiger partial charge < -0.3 is 16.0 Å². The Hall–Kier alpha value is -1.80. The number of carbonyl (C=O) groups excluding carboxylic acids is 2. The summed E-state index contributed by atoms with van der Waals surface area (Å²) in [5.41, 5.74) is 4.86. The van der Waals surface area contributed by atoms with Gasteiger partial charge in [0.1, 0.15) is 0 Å². The van der Waals surface area contributed by atoms with Crippen molar-refractivity contribution in [1.29, 1.82) is 0 Å². The fraction of sp³-hybridized carbons (Fsp3) is 0.619. The van der Waals surface area contributed by atoms with Crippen LogP contribution in [-0.4, -0.2) is 35.8 Å². The minimum atomic E-state index is -4.61. The van der Waals surface area contributed by atoms with E-state index in [9.17, 15) is 22.8 Å². The molecular formula is C21H27ClF3N3O2. The second-order valence-electron chi connectivity index (χ2n) is 8.26. The van der Waals surface area contributed by atoms with Crippen molar-refractivity contribution in [2.75, 3.05) is 18.4 Å². The maximum absolute atomic E-state index is 13.2. The molecule has 3 N–H and O–H groups in total. The number of likely N-dealkylation sites (tertiary alicyclic amines) is 1. The predicted octanol–water partition coefficient (Wildman–Crippen LogP) is 4.44. The third-order valence-electron chi connectivity index (χ3n) is 6.10. The van der Waals surface area contributed by atoms with Crippen LogP contribution in [-0.2, 0) is 15.8 Å². The molecule has 2 fully saturated rings. The van der Waals surface area contributed by atoms with E-state index in [1.165, 1.54) is 6.07 Å². The van der Waals surface area contributed by atoms with Crippen LogP contribution >= 0.6 is 11.6 Å². The van der Waals surface area contributed by atoms with Crippen LogP contribution in [0.15, 0.2) is 18.2 Å². The van der Waals surface area contributed by atoms with E-state index in [4.69, 9.17) is 17.3 Å². The first kappa shape index (κ1) is 22.9. The monoisotopic (exact) mass is 445 g/mol. The molecule has 1 saturated carbocycles. The van der Waals surface area contributed by atoms with Gasteiger partial charge in [0, 0.05) is 30.6 Å². The quantitative estimate of drug-likeness (QED) is 0.719. The molecule has 0 spiro atoms. The van der Waals surface area contributed by atoms with Crippen LogP contribution in [0.1, 0.15) is 50.5 Å². The van der Waals surface area contributed by atoms with E-state index < -0.39 is 17.6 Å². The molecule has 9 heteroatoms. The number of anilines is 1. The average Bonchev–Trinajstić information content (AvgIpc) is 2.69. The van der Waals surface area contributed by atoms with Gasteiger partial charge in [-0.25, -0.2) is 0 Å². The van der Waals surface area contributed by atoms with Gasteiger partial charge >= 0.3 is 6.18 Å². The maximum atomic E-state index is 13.2. The number of halogens is 4. The van der Waals surface area contributed by atoms with Crippen LogP contribution in [0.3, 0.4) is 0 Å². The Balaban J connectivity index is 1.52. The summed E-state index contributed by atoms with van der Waals surface area (Å²) >= 11 is 5.67. The lowest BCUT2D eigenvalue weighted by Crippen LogP contribution is -2.48. The molecule has 30 heavy (non-hydrogen) atoms. The molecule has 1 aliphatic carbocycles. The Morgan fingerprint density at radius 3 is 2.43 bits per heavy atom. The number of nitrogens with zero attached hydrogens (tertiary/aromatic N) is 1. The van der Waals surface area contributed by atoms with Gasteiger partial charge in [-0.1, -0.05) is 24.4 Å². The van der Waals surface area contributed by atoms with Gasteiger partial charge in [-0.15, -0.1) is 0 Å². The molecular weight excluding hydrogens is 419 g/mol. The molecule has 3 rings (SSSR count). The Kier molecular flexibility index (Phi) is 7.29. The molecule has 1 saturated heterocycles. The molecule has 1 aliphatic heterocycles. The van der Waals surface area contributed by atoms with E-state index in [0.29, 0.717) is 25.9 Å². The van der Waals surface area contributed by atoms with E-state index >= 15 is 0 Å². The molecule has 2 amide bonds. The number of nitrogens with two attached hydrogens (primary N) is 1. The molecule has 1 aromatic rings. The Bertz CT molecular complexity index is 779. The topological polar surface area (TPSA) is 75.4 Å². The summed E-state index contributed by atoms with van der Waals surface area (Å²) < 4.78 is 39.5. The highest BCUT2D eigenvalue weighted by molar-refractivity contribution is 6.30. The molecule has 1 aromatic carbocycles. The van der Waals surface area contributed by atoms with Crippen molar-refractivity contribution in [3.63, 3.8) is 0 Å². The summed E-state index contributed by atoms with van der Waals surface area (Å²) in [4.78, 5) is 26.9. The van der Waals surface area contributed by atoms with Gasteiger partial charge in [0.05, 0.1) is 17.2 Å². The second kappa shape index (κ2) is 9.56. The average molecular weight is 446 g/mol. The number of benzene rings is 1. The molecule has 166 valence electrons. The van der Waals surface area contributed by atoms with Crippen molar-refractivity contribution in [3.8, 4) is 0 Å². The van der Waals surface area contributed by atoms with Crippen molar-refractivity contribution in [2.45, 2.75) is 57.2 Å². The van der Waals surface area contributed by atoms with Crippen LogP contribution < -0.4 is 11.1 Å². The number of hydrogen-bond donors (Lipinski definition) is 2. The highest BCUT2D eigenvalue weighted by Gasteiger charge is 2.35. The smallest absolute Gasteiger partial charge is 0.342 e. The fourth-order valence-electron chi connectivity index (χ4n) is 4.38. The van der Waals surface area contributed by atoms with Crippen molar-refractivity contribution in [3.05, 3.63) is 28.8 Å². The van der Waals surface area contributed by atoms with E-state index in [2.05, 4.69) is 5.32 Å². The molecule has 5 nitrogen and oxygen atoms in total. The van der Waals surface area contributed by atoms with Crippen LogP contribution in [0.25, 0.3) is 0 Å². The highest BCUT2D eigenvalue weighted by Crippen LogP contribution is 2.37. The predicted molar refractivity (Wildman–Crippen MR) is 109 cm³/mol. The Morgan fingerprint density at radius 1 is 1.13 bits per heavy atom.